The molecule has 0 aliphatic carbocycles. The topological polar surface area (TPSA) is 115 Å². The molecule has 0 fully saturated rings. The highest BCUT2D eigenvalue weighted by Gasteiger charge is 2.25. The van der Waals surface area contributed by atoms with Crippen molar-refractivity contribution in [1.29, 1.82) is 0 Å². The number of hydrogen-bond donors (Lipinski definition) is 2. The van der Waals surface area contributed by atoms with Crippen molar-refractivity contribution >= 4 is 27.3 Å². The van der Waals surface area contributed by atoms with Crippen LogP contribution in [0.25, 0.3) is 0 Å². The molecule has 1 aromatic rings. The molecule has 0 unspecified atom stereocenters. The summed E-state index contributed by atoms with van der Waals surface area (Å²) in [5.74, 6) is 0. The predicted molar refractivity (Wildman–Crippen MR) is 80.8 cm³/mol. The summed E-state index contributed by atoms with van der Waals surface area (Å²) in [6, 6.07) is 3.33. The first kappa shape index (κ1) is 17.8. The van der Waals surface area contributed by atoms with Crippen LogP contribution in [-0.4, -0.2) is 25.4 Å². The molecule has 0 radical (unpaired) electrons. The lowest BCUT2D eigenvalue weighted by Gasteiger charge is -2.26. The Morgan fingerprint density at radius 1 is 1.38 bits per heavy atom. The number of benzene rings is 1. The summed E-state index contributed by atoms with van der Waals surface area (Å²) in [7, 11) is -3.88. The van der Waals surface area contributed by atoms with Gasteiger partial charge in [0.25, 0.3) is 5.69 Å². The van der Waals surface area contributed by atoms with E-state index < -0.39 is 26.2 Å². The number of nitrogens with two attached hydrogens (primary N) is 1. The summed E-state index contributed by atoms with van der Waals surface area (Å²) < 4.78 is 26.7. The Bertz CT molecular complexity index is 629. The second-order valence-electron chi connectivity index (χ2n) is 4.76. The Kier molecular flexibility index (Phi) is 5.68. The van der Waals surface area contributed by atoms with Crippen LogP contribution in [-0.2, 0) is 10.0 Å². The van der Waals surface area contributed by atoms with Gasteiger partial charge in [-0.3, -0.25) is 10.1 Å². The maximum atomic E-state index is 12.2. The van der Waals surface area contributed by atoms with Gasteiger partial charge in [0.2, 0.25) is 10.0 Å². The zero-order chi connectivity index (χ0) is 16.3. The van der Waals surface area contributed by atoms with Crippen molar-refractivity contribution in [3.63, 3.8) is 0 Å². The molecule has 0 atom stereocenters. The zero-order valence-corrected chi connectivity index (χ0v) is 13.4. The van der Waals surface area contributed by atoms with Crippen LogP contribution in [0.15, 0.2) is 23.1 Å². The van der Waals surface area contributed by atoms with Crippen molar-refractivity contribution in [2.45, 2.75) is 37.1 Å². The molecular formula is C12H18ClN3O4S. The van der Waals surface area contributed by atoms with Crippen LogP contribution in [0.3, 0.4) is 0 Å². The average molecular weight is 336 g/mol. The number of halogens is 1. The quantitative estimate of drug-likeness (QED) is 0.584. The van der Waals surface area contributed by atoms with Gasteiger partial charge in [-0.1, -0.05) is 25.4 Å². The van der Waals surface area contributed by atoms with Crippen LogP contribution < -0.4 is 10.5 Å². The normalized spacial score (nSPS) is 12.4. The molecule has 0 aromatic heterocycles. The molecule has 0 bridgehead atoms. The van der Waals surface area contributed by atoms with E-state index in [1.165, 1.54) is 12.1 Å². The summed E-state index contributed by atoms with van der Waals surface area (Å²) in [4.78, 5) is 9.85. The van der Waals surface area contributed by atoms with Gasteiger partial charge in [-0.25, -0.2) is 13.1 Å². The van der Waals surface area contributed by atoms with Crippen molar-refractivity contribution in [1.82, 2.24) is 4.72 Å². The number of nitro groups is 1. The molecule has 0 saturated carbocycles. The van der Waals surface area contributed by atoms with E-state index in [0.29, 0.717) is 12.8 Å². The first-order valence-corrected chi connectivity index (χ1v) is 8.24. The highest BCUT2D eigenvalue weighted by atomic mass is 35.5. The van der Waals surface area contributed by atoms with Gasteiger partial charge >= 0.3 is 0 Å². The average Bonchev–Trinajstić information content (AvgIpc) is 2.45. The van der Waals surface area contributed by atoms with E-state index in [1.54, 1.807) is 0 Å². The molecule has 0 aliphatic heterocycles. The van der Waals surface area contributed by atoms with E-state index in [4.69, 9.17) is 17.3 Å². The van der Waals surface area contributed by atoms with Crippen molar-refractivity contribution in [3.05, 3.63) is 33.3 Å². The van der Waals surface area contributed by atoms with Crippen LogP contribution in [0.1, 0.15) is 26.7 Å². The monoisotopic (exact) mass is 335 g/mol. The van der Waals surface area contributed by atoms with E-state index >= 15 is 0 Å². The van der Waals surface area contributed by atoms with Crippen molar-refractivity contribution in [3.8, 4) is 0 Å². The molecule has 0 heterocycles. The van der Waals surface area contributed by atoms with E-state index in [0.717, 1.165) is 6.07 Å². The second-order valence-corrected chi connectivity index (χ2v) is 6.94. The number of nitro benzene ring substituents is 1. The summed E-state index contributed by atoms with van der Waals surface area (Å²) in [6.45, 7) is 3.79. The Morgan fingerprint density at radius 3 is 2.43 bits per heavy atom. The third-order valence-corrected chi connectivity index (χ3v) is 5.17. The summed E-state index contributed by atoms with van der Waals surface area (Å²) in [6.07, 6.45) is 1.21. The number of hydrogen-bond acceptors (Lipinski definition) is 5. The number of sulfonamides is 1. The smallest absolute Gasteiger partial charge is 0.289 e. The third kappa shape index (κ3) is 4.37. The molecule has 21 heavy (non-hydrogen) atoms. The lowest BCUT2D eigenvalue weighted by atomic mass is 9.95. The van der Waals surface area contributed by atoms with Crippen molar-refractivity contribution < 1.29 is 13.3 Å². The van der Waals surface area contributed by atoms with Gasteiger partial charge in [-0.15, -0.1) is 0 Å². The van der Waals surface area contributed by atoms with Gasteiger partial charge in [-0.2, -0.15) is 0 Å². The second kappa shape index (κ2) is 6.69. The summed E-state index contributed by atoms with van der Waals surface area (Å²) in [5.41, 5.74) is 4.93. The standard InChI is InChI=1S/C12H18ClN3O4S/c1-3-12(14,4-2)8-15-21(19,20)9-5-6-10(13)11(7-9)16(17)18/h5-7,15H,3-4,8,14H2,1-2H3. The van der Waals surface area contributed by atoms with Crippen LogP contribution in [0.5, 0.6) is 0 Å². The molecule has 0 amide bonds. The minimum Gasteiger partial charge on any atom is -0.324 e. The van der Waals surface area contributed by atoms with Gasteiger partial charge in [0.1, 0.15) is 5.02 Å². The fraction of sp³-hybridized carbons (Fsp3) is 0.500. The lowest BCUT2D eigenvalue weighted by molar-refractivity contribution is -0.384. The summed E-state index contributed by atoms with van der Waals surface area (Å²) in [5, 5.41) is 10.7. The number of nitrogens with one attached hydrogen (secondary N) is 1. The highest BCUT2D eigenvalue weighted by Crippen LogP contribution is 2.27. The van der Waals surface area contributed by atoms with E-state index in [2.05, 4.69) is 4.72 Å². The SMILES string of the molecule is CCC(N)(CC)CNS(=O)(=O)c1ccc(Cl)c([N+](=O)[O-])c1. The molecule has 3 N–H and O–H groups in total. The van der Waals surface area contributed by atoms with Gasteiger partial charge < -0.3 is 5.73 Å². The zero-order valence-electron chi connectivity index (χ0n) is 11.8. The van der Waals surface area contributed by atoms with Crippen LogP contribution in [0.2, 0.25) is 5.02 Å². The van der Waals surface area contributed by atoms with Crippen LogP contribution in [0.4, 0.5) is 5.69 Å². The van der Waals surface area contributed by atoms with Gasteiger partial charge in [0.05, 0.1) is 9.82 Å². The fourth-order valence-electron chi connectivity index (χ4n) is 1.62. The minimum atomic E-state index is -3.88. The van der Waals surface area contributed by atoms with Gasteiger partial charge in [0, 0.05) is 18.2 Å². The van der Waals surface area contributed by atoms with Crippen molar-refractivity contribution in [2.75, 3.05) is 6.54 Å². The fourth-order valence-corrected chi connectivity index (χ4v) is 2.97. The maximum absolute atomic E-state index is 12.2. The number of rotatable bonds is 7. The molecule has 1 rings (SSSR count). The Labute approximate surface area is 128 Å². The molecule has 0 aliphatic rings. The predicted octanol–water partition coefficient (Wildman–Crippen LogP) is 2.04. The van der Waals surface area contributed by atoms with E-state index in [1.807, 2.05) is 13.8 Å². The summed E-state index contributed by atoms with van der Waals surface area (Å²) >= 11 is 5.66. The minimum absolute atomic E-state index is 0.0543. The lowest BCUT2D eigenvalue weighted by Crippen LogP contribution is -2.49. The molecule has 0 spiro atoms. The van der Waals surface area contributed by atoms with Crippen molar-refractivity contribution in [2.24, 2.45) is 5.73 Å². The van der Waals surface area contributed by atoms with E-state index in [9.17, 15) is 18.5 Å². The molecular weight excluding hydrogens is 318 g/mol. The van der Waals surface area contributed by atoms with Crippen LogP contribution >= 0.6 is 11.6 Å². The highest BCUT2D eigenvalue weighted by molar-refractivity contribution is 7.89. The first-order valence-electron chi connectivity index (χ1n) is 6.37. The Balaban J connectivity index is 3.04. The molecule has 9 heteroatoms. The molecule has 0 saturated heterocycles. The molecule has 118 valence electrons. The number of nitrogens with zero attached hydrogens (tertiary/aromatic N) is 1. The Hall–Kier alpha value is -1.22. The van der Waals surface area contributed by atoms with Crippen LogP contribution in [0, 0.1) is 10.1 Å². The van der Waals surface area contributed by atoms with E-state index in [-0.39, 0.29) is 16.5 Å². The molecule has 1 aromatic carbocycles. The van der Waals surface area contributed by atoms with Gasteiger partial charge in [0.15, 0.2) is 0 Å². The maximum Gasteiger partial charge on any atom is 0.289 e. The first-order chi connectivity index (χ1) is 9.65. The molecule has 7 nitrogen and oxygen atoms in total. The largest absolute Gasteiger partial charge is 0.324 e. The van der Waals surface area contributed by atoms with Gasteiger partial charge in [-0.05, 0) is 25.0 Å². The Morgan fingerprint density at radius 2 is 1.95 bits per heavy atom. The third-order valence-electron chi connectivity index (χ3n) is 3.45.